The van der Waals surface area contributed by atoms with Crippen molar-refractivity contribution in [2.45, 2.75) is 284 Å². The van der Waals surface area contributed by atoms with Gasteiger partial charge in [0.15, 0.2) is 6.10 Å². The largest absolute Gasteiger partial charge is 0.462 e. The van der Waals surface area contributed by atoms with Gasteiger partial charge < -0.3 is 14.2 Å². The number of ether oxygens (including phenoxy) is 3. The maximum atomic E-state index is 12.9. The van der Waals surface area contributed by atoms with Crippen molar-refractivity contribution < 1.29 is 28.6 Å². The van der Waals surface area contributed by atoms with E-state index < -0.39 is 6.10 Å². The Balaban J connectivity index is 4.51. The Labute approximate surface area is 450 Å². The van der Waals surface area contributed by atoms with Gasteiger partial charge in [-0.3, -0.25) is 14.4 Å². The maximum absolute atomic E-state index is 12.9. The molecule has 0 N–H and O–H groups in total. The molecule has 0 aromatic heterocycles. The van der Waals surface area contributed by atoms with Gasteiger partial charge in [-0.2, -0.15) is 0 Å². The first-order chi connectivity index (χ1) is 36.0. The van der Waals surface area contributed by atoms with Crippen LogP contribution in [0.15, 0.2) is 109 Å². The molecule has 0 aliphatic rings. The van der Waals surface area contributed by atoms with Crippen LogP contribution in [0.1, 0.15) is 278 Å². The molecule has 0 amide bonds. The lowest BCUT2D eigenvalue weighted by Gasteiger charge is -2.18. The third kappa shape index (κ3) is 58.8. The molecule has 0 aliphatic heterocycles. The summed E-state index contributed by atoms with van der Waals surface area (Å²) in [5.74, 6) is -0.999. The SMILES string of the molecule is CC/C=C/C/C=C/C/C=C/C/C=C/C/C=C/C/C=C/CCC(=O)OC[C@@H](COC(=O)CCCCCCCCC/C=C/C/C=C/CCCCC)OC(=O)CCCCCCCCCCC/C=C/CCCCCCCC. The predicted octanol–water partition coefficient (Wildman–Crippen LogP) is 20.7. The van der Waals surface area contributed by atoms with Crippen molar-refractivity contribution >= 4 is 17.9 Å². The van der Waals surface area contributed by atoms with E-state index in [9.17, 15) is 14.4 Å². The Hall–Kier alpha value is -3.93. The van der Waals surface area contributed by atoms with E-state index in [-0.39, 0.29) is 37.5 Å². The summed E-state index contributed by atoms with van der Waals surface area (Å²) in [6.07, 6.45) is 82.3. The van der Waals surface area contributed by atoms with Crippen molar-refractivity contribution in [3.8, 4) is 0 Å². The molecule has 0 aromatic rings. The summed E-state index contributed by atoms with van der Waals surface area (Å²) in [5, 5.41) is 0. The molecule has 6 nitrogen and oxygen atoms in total. The number of allylic oxidation sites excluding steroid dienone is 18. The van der Waals surface area contributed by atoms with Gasteiger partial charge in [0.2, 0.25) is 0 Å². The predicted molar refractivity (Wildman–Crippen MR) is 316 cm³/mol. The minimum Gasteiger partial charge on any atom is -0.462 e. The van der Waals surface area contributed by atoms with E-state index in [0.717, 1.165) is 89.9 Å². The van der Waals surface area contributed by atoms with E-state index in [4.69, 9.17) is 14.2 Å². The molecule has 416 valence electrons. The van der Waals surface area contributed by atoms with Crippen molar-refractivity contribution in [1.29, 1.82) is 0 Å². The first-order valence-corrected chi connectivity index (χ1v) is 30.4. The average molecular weight is 1010 g/mol. The second kappa shape index (κ2) is 60.6. The van der Waals surface area contributed by atoms with Crippen molar-refractivity contribution in [1.82, 2.24) is 0 Å². The number of carbonyl (C=O) groups excluding carboxylic acids is 3. The van der Waals surface area contributed by atoms with Crippen molar-refractivity contribution in [3.05, 3.63) is 109 Å². The van der Waals surface area contributed by atoms with Crippen LogP contribution in [0.4, 0.5) is 0 Å². The lowest BCUT2D eigenvalue weighted by Crippen LogP contribution is -2.30. The summed E-state index contributed by atoms with van der Waals surface area (Å²) in [4.78, 5) is 38.2. The number of hydrogen-bond acceptors (Lipinski definition) is 6. The number of rotatable bonds is 54. The molecular formula is C67H112O6. The van der Waals surface area contributed by atoms with Crippen molar-refractivity contribution in [2.24, 2.45) is 0 Å². The van der Waals surface area contributed by atoms with Crippen LogP contribution >= 0.6 is 0 Å². The zero-order valence-corrected chi connectivity index (χ0v) is 47.6. The molecule has 0 aromatic carbocycles. The van der Waals surface area contributed by atoms with Gasteiger partial charge in [-0.15, -0.1) is 0 Å². The minimum absolute atomic E-state index is 0.107. The lowest BCUT2D eigenvalue weighted by atomic mass is 10.1. The molecule has 0 spiro atoms. The Morgan fingerprint density at radius 2 is 0.562 bits per heavy atom. The smallest absolute Gasteiger partial charge is 0.306 e. The molecule has 0 aliphatic carbocycles. The third-order valence-electron chi connectivity index (χ3n) is 12.7. The van der Waals surface area contributed by atoms with Crippen LogP contribution in [0.3, 0.4) is 0 Å². The zero-order chi connectivity index (χ0) is 52.9. The maximum Gasteiger partial charge on any atom is 0.306 e. The molecule has 0 bridgehead atoms. The van der Waals surface area contributed by atoms with E-state index in [1.54, 1.807) is 0 Å². The van der Waals surface area contributed by atoms with Crippen molar-refractivity contribution in [3.63, 3.8) is 0 Å². The molecule has 0 saturated carbocycles. The summed E-state index contributed by atoms with van der Waals surface area (Å²) < 4.78 is 16.8. The van der Waals surface area contributed by atoms with Crippen LogP contribution in [-0.4, -0.2) is 37.2 Å². The summed E-state index contributed by atoms with van der Waals surface area (Å²) in [6, 6.07) is 0. The fraction of sp³-hybridized carbons (Fsp3) is 0.687. The summed E-state index contributed by atoms with van der Waals surface area (Å²) in [7, 11) is 0. The molecule has 1 atom stereocenters. The van der Waals surface area contributed by atoms with Gasteiger partial charge in [-0.25, -0.2) is 0 Å². The molecule has 0 saturated heterocycles. The second-order valence-corrected chi connectivity index (χ2v) is 19.9. The Morgan fingerprint density at radius 1 is 0.288 bits per heavy atom. The molecule has 6 heteroatoms. The highest BCUT2D eigenvalue weighted by atomic mass is 16.6. The van der Waals surface area contributed by atoms with Crippen LogP contribution in [0.25, 0.3) is 0 Å². The van der Waals surface area contributed by atoms with Gasteiger partial charge in [0.05, 0.1) is 0 Å². The van der Waals surface area contributed by atoms with Crippen LogP contribution in [0.2, 0.25) is 0 Å². The van der Waals surface area contributed by atoms with Gasteiger partial charge in [0.25, 0.3) is 0 Å². The molecule has 0 heterocycles. The average Bonchev–Trinajstić information content (AvgIpc) is 3.39. The highest BCUT2D eigenvalue weighted by molar-refractivity contribution is 5.71. The number of unbranched alkanes of at least 4 members (excludes halogenated alkanes) is 25. The van der Waals surface area contributed by atoms with E-state index >= 15 is 0 Å². The highest BCUT2D eigenvalue weighted by Crippen LogP contribution is 2.15. The molecule has 0 unspecified atom stereocenters. The number of carbonyl (C=O) groups is 3. The standard InChI is InChI=1S/C67H112O6/c1-4-7-10-13-16-19-22-25-28-31-33-36-39-42-45-48-51-54-57-60-66(69)72-63-64(62-71-65(68)59-56-53-50-47-44-41-38-35-30-27-24-21-18-15-12-9-6-3)73-67(70)61-58-55-52-49-46-43-40-37-34-32-29-26-23-20-17-14-11-8-5-2/h7,10,16,18-19,21,25-30,33,36,42,45,51,54,64H,4-6,8-9,11-15,17,20,22-24,31-32,34-35,37-41,43-44,46-50,52-53,55-63H2,1-3H3/b10-7+,19-16+,21-18+,28-25+,29-26+,30-27+,36-33+,45-42+,54-51+/t64-/m1/s1. The summed E-state index contributed by atoms with van der Waals surface area (Å²) in [6.45, 7) is 6.44. The van der Waals surface area contributed by atoms with Crippen molar-refractivity contribution in [2.75, 3.05) is 13.2 Å². The van der Waals surface area contributed by atoms with E-state index in [2.05, 4.69) is 124 Å². The first-order valence-electron chi connectivity index (χ1n) is 30.4. The third-order valence-corrected chi connectivity index (χ3v) is 12.7. The van der Waals surface area contributed by atoms with Gasteiger partial charge in [0, 0.05) is 19.3 Å². The second-order valence-electron chi connectivity index (χ2n) is 19.9. The monoisotopic (exact) mass is 1010 g/mol. The van der Waals surface area contributed by atoms with E-state index in [1.807, 2.05) is 6.08 Å². The molecule has 0 rings (SSSR count). The fourth-order valence-electron chi connectivity index (χ4n) is 8.20. The summed E-state index contributed by atoms with van der Waals surface area (Å²) in [5.41, 5.74) is 0. The minimum atomic E-state index is -0.816. The zero-order valence-electron chi connectivity index (χ0n) is 47.6. The number of esters is 3. The van der Waals surface area contributed by atoms with Gasteiger partial charge in [-0.05, 0) is 116 Å². The van der Waals surface area contributed by atoms with Crippen LogP contribution in [0, 0.1) is 0 Å². The Morgan fingerprint density at radius 3 is 0.959 bits per heavy atom. The normalized spacial score (nSPS) is 12.9. The van der Waals surface area contributed by atoms with E-state index in [1.165, 1.54) is 141 Å². The highest BCUT2D eigenvalue weighted by Gasteiger charge is 2.19. The van der Waals surface area contributed by atoms with Crippen LogP contribution in [-0.2, 0) is 28.6 Å². The molecule has 0 fully saturated rings. The van der Waals surface area contributed by atoms with Gasteiger partial charge in [-0.1, -0.05) is 252 Å². The quantitative estimate of drug-likeness (QED) is 0.0261. The van der Waals surface area contributed by atoms with E-state index in [0.29, 0.717) is 19.3 Å². The van der Waals surface area contributed by atoms with Crippen LogP contribution in [0.5, 0.6) is 0 Å². The molecular weight excluding hydrogens is 901 g/mol. The topological polar surface area (TPSA) is 78.9 Å². The molecule has 0 radical (unpaired) electrons. The van der Waals surface area contributed by atoms with Gasteiger partial charge in [0.1, 0.15) is 13.2 Å². The fourth-order valence-corrected chi connectivity index (χ4v) is 8.20. The Kier molecular flexibility index (Phi) is 57.4. The van der Waals surface area contributed by atoms with Gasteiger partial charge >= 0.3 is 17.9 Å². The lowest BCUT2D eigenvalue weighted by molar-refractivity contribution is -0.166. The first kappa shape index (κ1) is 69.1. The van der Waals surface area contributed by atoms with Crippen LogP contribution < -0.4 is 0 Å². The number of hydrogen-bond donors (Lipinski definition) is 0. The molecule has 73 heavy (non-hydrogen) atoms. The Bertz CT molecular complexity index is 1490. The summed E-state index contributed by atoms with van der Waals surface area (Å²) >= 11 is 0.